The molecular formula is C11H13N3O. The molecule has 4 heteroatoms. The number of carbonyl (C=O) groups excluding carboxylic acids is 1. The van der Waals surface area contributed by atoms with Crippen LogP contribution in [0.5, 0.6) is 0 Å². The molecule has 1 amide bonds. The molecule has 1 rings (SSSR count). The Morgan fingerprint density at radius 2 is 2.20 bits per heavy atom. The average molecular weight is 203 g/mol. The molecule has 0 unspecified atom stereocenters. The average Bonchev–Trinajstić information content (AvgIpc) is 2.17. The maximum Gasteiger partial charge on any atom is 0.253 e. The highest BCUT2D eigenvalue weighted by molar-refractivity contribution is 5.99. The number of hydrogen-bond donors (Lipinski definition) is 3. The van der Waals surface area contributed by atoms with Crippen molar-refractivity contribution in [2.24, 2.45) is 0 Å². The third kappa shape index (κ3) is 2.92. The Morgan fingerprint density at radius 1 is 1.47 bits per heavy atom. The molecule has 0 aliphatic rings. The fourth-order valence-corrected chi connectivity index (χ4v) is 1.13. The van der Waals surface area contributed by atoms with Gasteiger partial charge in [0.05, 0.1) is 5.56 Å². The molecule has 1 aromatic rings. The van der Waals surface area contributed by atoms with Crippen molar-refractivity contribution >= 4 is 17.3 Å². The Balaban J connectivity index is 2.70. The number of nitrogen functional groups attached to an aromatic ring is 2. The van der Waals surface area contributed by atoms with Gasteiger partial charge in [-0.1, -0.05) is 0 Å². The van der Waals surface area contributed by atoms with Crippen molar-refractivity contribution < 1.29 is 4.79 Å². The Labute approximate surface area is 88.6 Å². The van der Waals surface area contributed by atoms with Crippen molar-refractivity contribution in [2.45, 2.75) is 6.42 Å². The van der Waals surface area contributed by atoms with Gasteiger partial charge in [0.2, 0.25) is 0 Å². The van der Waals surface area contributed by atoms with Gasteiger partial charge in [0.25, 0.3) is 5.91 Å². The zero-order chi connectivity index (χ0) is 11.3. The van der Waals surface area contributed by atoms with Crippen LogP contribution in [-0.4, -0.2) is 12.5 Å². The lowest BCUT2D eigenvalue weighted by atomic mass is 10.1. The highest BCUT2D eigenvalue weighted by Gasteiger charge is 2.08. The minimum absolute atomic E-state index is 0.234. The number of rotatable bonds is 3. The summed E-state index contributed by atoms with van der Waals surface area (Å²) in [5, 5.41) is 2.66. The van der Waals surface area contributed by atoms with Crippen molar-refractivity contribution in [1.29, 1.82) is 0 Å². The molecule has 0 heterocycles. The van der Waals surface area contributed by atoms with Gasteiger partial charge in [0.15, 0.2) is 0 Å². The van der Waals surface area contributed by atoms with E-state index in [0.717, 1.165) is 0 Å². The number of amides is 1. The van der Waals surface area contributed by atoms with Gasteiger partial charge in [-0.25, -0.2) is 0 Å². The molecule has 0 spiro atoms. The van der Waals surface area contributed by atoms with Crippen molar-refractivity contribution in [3.05, 3.63) is 23.8 Å². The lowest BCUT2D eigenvalue weighted by molar-refractivity contribution is 0.0955. The van der Waals surface area contributed by atoms with Crippen LogP contribution in [0.2, 0.25) is 0 Å². The summed E-state index contributed by atoms with van der Waals surface area (Å²) in [7, 11) is 0. The molecule has 5 N–H and O–H groups in total. The molecule has 0 atom stereocenters. The quantitative estimate of drug-likeness (QED) is 0.382. The van der Waals surface area contributed by atoms with Crippen molar-refractivity contribution in [3.8, 4) is 12.3 Å². The van der Waals surface area contributed by atoms with Crippen LogP contribution in [-0.2, 0) is 0 Å². The number of nitrogens with two attached hydrogens (primary N) is 2. The number of benzene rings is 1. The zero-order valence-corrected chi connectivity index (χ0v) is 8.29. The molecule has 0 saturated heterocycles. The lowest BCUT2D eigenvalue weighted by Gasteiger charge is -2.06. The Hall–Kier alpha value is -2.15. The predicted molar refractivity (Wildman–Crippen MR) is 61.1 cm³/mol. The van der Waals surface area contributed by atoms with Gasteiger partial charge in [-0.3, -0.25) is 4.79 Å². The number of terminal acetylenes is 1. The Bertz CT molecular complexity index is 407. The second-order valence-corrected chi connectivity index (χ2v) is 3.06. The summed E-state index contributed by atoms with van der Waals surface area (Å²) in [6.45, 7) is 0.444. The standard InChI is InChI=1S/C11H13N3O/c1-2-3-6-14-11(15)9-5-4-8(12)7-10(9)13/h1,4-5,7H,3,6,12-13H2,(H,14,15). The summed E-state index contributed by atoms with van der Waals surface area (Å²) in [4.78, 5) is 11.6. The van der Waals surface area contributed by atoms with Crippen molar-refractivity contribution in [3.63, 3.8) is 0 Å². The van der Waals surface area contributed by atoms with Gasteiger partial charge in [0.1, 0.15) is 0 Å². The van der Waals surface area contributed by atoms with E-state index in [1.54, 1.807) is 18.2 Å². The van der Waals surface area contributed by atoms with E-state index < -0.39 is 0 Å². The molecule has 0 aromatic heterocycles. The van der Waals surface area contributed by atoms with E-state index in [0.29, 0.717) is 29.9 Å². The first-order valence-corrected chi connectivity index (χ1v) is 4.52. The maximum absolute atomic E-state index is 11.6. The summed E-state index contributed by atoms with van der Waals surface area (Å²) in [6.07, 6.45) is 5.56. The van der Waals surface area contributed by atoms with E-state index in [1.165, 1.54) is 0 Å². The molecule has 15 heavy (non-hydrogen) atoms. The Kier molecular flexibility index (Phi) is 3.58. The lowest BCUT2D eigenvalue weighted by Crippen LogP contribution is -2.25. The number of hydrogen-bond acceptors (Lipinski definition) is 3. The van der Waals surface area contributed by atoms with E-state index in [2.05, 4.69) is 11.2 Å². The molecule has 4 nitrogen and oxygen atoms in total. The summed E-state index contributed by atoms with van der Waals surface area (Å²) in [5.74, 6) is 2.20. The number of nitrogens with one attached hydrogen (secondary N) is 1. The molecule has 78 valence electrons. The van der Waals surface area contributed by atoms with Gasteiger partial charge in [0, 0.05) is 24.3 Å². The smallest absolute Gasteiger partial charge is 0.253 e. The van der Waals surface area contributed by atoms with Gasteiger partial charge >= 0.3 is 0 Å². The summed E-state index contributed by atoms with van der Waals surface area (Å²) in [5.41, 5.74) is 12.5. The van der Waals surface area contributed by atoms with Crippen LogP contribution in [0.15, 0.2) is 18.2 Å². The predicted octanol–water partition coefficient (Wildman–Crippen LogP) is 0.604. The van der Waals surface area contributed by atoms with Gasteiger partial charge < -0.3 is 16.8 Å². The fourth-order valence-electron chi connectivity index (χ4n) is 1.13. The first kappa shape index (κ1) is 10.9. The second-order valence-electron chi connectivity index (χ2n) is 3.06. The molecule has 0 bridgehead atoms. The van der Waals surface area contributed by atoms with Crippen molar-refractivity contribution in [2.75, 3.05) is 18.0 Å². The van der Waals surface area contributed by atoms with E-state index >= 15 is 0 Å². The molecule has 0 aliphatic heterocycles. The normalized spacial score (nSPS) is 9.27. The zero-order valence-electron chi connectivity index (χ0n) is 8.29. The fraction of sp³-hybridized carbons (Fsp3) is 0.182. The minimum Gasteiger partial charge on any atom is -0.399 e. The molecule has 0 radical (unpaired) electrons. The molecular weight excluding hydrogens is 190 g/mol. The van der Waals surface area contributed by atoms with Gasteiger partial charge in [-0.05, 0) is 18.2 Å². The maximum atomic E-state index is 11.6. The van der Waals surface area contributed by atoms with Crippen LogP contribution in [0, 0.1) is 12.3 Å². The van der Waals surface area contributed by atoms with Crippen LogP contribution in [0.3, 0.4) is 0 Å². The highest BCUT2D eigenvalue weighted by atomic mass is 16.1. The highest BCUT2D eigenvalue weighted by Crippen LogP contribution is 2.15. The van der Waals surface area contributed by atoms with Crippen LogP contribution >= 0.6 is 0 Å². The van der Waals surface area contributed by atoms with Gasteiger partial charge in [-0.2, -0.15) is 0 Å². The SMILES string of the molecule is C#CCCNC(=O)c1ccc(N)cc1N. The van der Waals surface area contributed by atoms with E-state index in [9.17, 15) is 4.79 Å². The molecule has 0 fully saturated rings. The number of carbonyl (C=O) groups is 1. The van der Waals surface area contributed by atoms with Gasteiger partial charge in [-0.15, -0.1) is 12.3 Å². The van der Waals surface area contributed by atoms with E-state index in [1.807, 2.05) is 0 Å². The number of anilines is 2. The minimum atomic E-state index is -0.234. The van der Waals surface area contributed by atoms with E-state index in [4.69, 9.17) is 17.9 Å². The van der Waals surface area contributed by atoms with Crippen molar-refractivity contribution in [1.82, 2.24) is 5.32 Å². The third-order valence-electron chi connectivity index (χ3n) is 1.88. The molecule has 1 aromatic carbocycles. The van der Waals surface area contributed by atoms with Crippen LogP contribution in [0.4, 0.5) is 11.4 Å². The first-order valence-electron chi connectivity index (χ1n) is 4.52. The topological polar surface area (TPSA) is 81.1 Å². The summed E-state index contributed by atoms with van der Waals surface area (Å²) >= 11 is 0. The molecule has 0 saturated carbocycles. The van der Waals surface area contributed by atoms with Crippen LogP contribution < -0.4 is 16.8 Å². The summed E-state index contributed by atoms with van der Waals surface area (Å²) in [6, 6.07) is 4.78. The second kappa shape index (κ2) is 4.91. The summed E-state index contributed by atoms with van der Waals surface area (Å²) < 4.78 is 0. The largest absolute Gasteiger partial charge is 0.399 e. The third-order valence-corrected chi connectivity index (χ3v) is 1.88. The monoisotopic (exact) mass is 203 g/mol. The van der Waals surface area contributed by atoms with E-state index in [-0.39, 0.29) is 5.91 Å². The van der Waals surface area contributed by atoms with Crippen LogP contribution in [0.25, 0.3) is 0 Å². The Morgan fingerprint density at radius 3 is 2.80 bits per heavy atom. The van der Waals surface area contributed by atoms with Crippen LogP contribution in [0.1, 0.15) is 16.8 Å². The first-order chi connectivity index (χ1) is 7.15. The molecule has 0 aliphatic carbocycles.